The van der Waals surface area contributed by atoms with E-state index in [1.807, 2.05) is 0 Å². The molecule has 0 bridgehead atoms. The van der Waals surface area contributed by atoms with Crippen molar-refractivity contribution < 1.29 is 33.8 Å². The summed E-state index contributed by atoms with van der Waals surface area (Å²) in [7, 11) is -11.1. The van der Waals surface area contributed by atoms with Crippen molar-refractivity contribution >= 4 is 26.6 Å². The highest BCUT2D eigenvalue weighted by Crippen LogP contribution is 2.69. The predicted octanol–water partition coefficient (Wildman–Crippen LogP) is 1.22. The molecule has 0 aliphatic carbocycles. The SMILES string of the molecule is O=P(O)(O)C(O)(CCC1C=C(c2ccccn2)NN=C1c1ccccn1)P(=O)(O)O. The van der Waals surface area contributed by atoms with Gasteiger partial charge in [-0.15, -0.1) is 0 Å². The van der Waals surface area contributed by atoms with Gasteiger partial charge in [-0.2, -0.15) is 5.10 Å². The number of aromatic nitrogens is 2. The van der Waals surface area contributed by atoms with E-state index in [4.69, 9.17) is 0 Å². The van der Waals surface area contributed by atoms with E-state index >= 15 is 0 Å². The Morgan fingerprint density at radius 2 is 1.50 bits per heavy atom. The number of hydrazone groups is 1. The van der Waals surface area contributed by atoms with Crippen molar-refractivity contribution in [2.75, 3.05) is 0 Å². The zero-order valence-corrected chi connectivity index (χ0v) is 17.3. The quantitative estimate of drug-likeness (QED) is 0.332. The van der Waals surface area contributed by atoms with Crippen molar-refractivity contribution in [3.05, 3.63) is 66.3 Å². The number of hydrogen-bond donors (Lipinski definition) is 6. The van der Waals surface area contributed by atoms with E-state index in [0.29, 0.717) is 22.8 Å². The first-order valence-corrected chi connectivity index (χ1v) is 12.0. The second-order valence-corrected chi connectivity index (χ2v) is 10.6. The molecule has 160 valence electrons. The Morgan fingerprint density at radius 3 is 2.00 bits per heavy atom. The van der Waals surface area contributed by atoms with Crippen LogP contribution in [0.1, 0.15) is 24.2 Å². The molecule has 0 saturated heterocycles. The lowest BCUT2D eigenvalue weighted by Crippen LogP contribution is -2.32. The first kappa shape index (κ1) is 22.5. The van der Waals surface area contributed by atoms with Crippen molar-refractivity contribution in [2.45, 2.75) is 17.9 Å². The molecule has 2 aromatic heterocycles. The number of nitrogens with one attached hydrogen (secondary N) is 1. The van der Waals surface area contributed by atoms with Crippen LogP contribution in [-0.2, 0) is 9.13 Å². The maximum atomic E-state index is 11.7. The van der Waals surface area contributed by atoms with E-state index in [-0.39, 0.29) is 6.42 Å². The summed E-state index contributed by atoms with van der Waals surface area (Å²) >= 11 is 0. The van der Waals surface area contributed by atoms with Crippen LogP contribution in [0.4, 0.5) is 0 Å². The monoisotopic (exact) mass is 454 g/mol. The van der Waals surface area contributed by atoms with Gasteiger partial charge in [0.05, 0.1) is 22.8 Å². The van der Waals surface area contributed by atoms with E-state index < -0.39 is 32.6 Å². The summed E-state index contributed by atoms with van der Waals surface area (Å²) in [6.45, 7) is 0. The maximum Gasteiger partial charge on any atom is 0.369 e. The van der Waals surface area contributed by atoms with Crippen molar-refractivity contribution in [2.24, 2.45) is 11.0 Å². The standard InChI is InChI=1S/C17H20N4O7P2/c22-17(29(23,24)25,30(26,27)28)8-7-12-11-15(13-5-1-3-9-18-13)20-21-16(12)14-6-2-4-10-19-14/h1-6,9-12,20,22H,7-8H2,(H2,23,24,25)(H2,26,27,28). The molecule has 11 nitrogen and oxygen atoms in total. The molecular weight excluding hydrogens is 434 g/mol. The predicted molar refractivity (Wildman–Crippen MR) is 108 cm³/mol. The van der Waals surface area contributed by atoms with Crippen LogP contribution >= 0.6 is 15.2 Å². The van der Waals surface area contributed by atoms with Gasteiger partial charge in [0, 0.05) is 24.7 Å². The first-order chi connectivity index (χ1) is 14.0. The second kappa shape index (κ2) is 8.49. The van der Waals surface area contributed by atoms with E-state index in [1.54, 1.807) is 48.7 Å². The summed E-state index contributed by atoms with van der Waals surface area (Å²) in [5, 5.41) is 11.0. The van der Waals surface area contributed by atoms with Gasteiger partial charge in [-0.05, 0) is 36.8 Å². The lowest BCUT2D eigenvalue weighted by molar-refractivity contribution is 0.120. The van der Waals surface area contributed by atoms with Gasteiger partial charge in [0.25, 0.3) is 5.08 Å². The number of rotatable bonds is 7. The lowest BCUT2D eigenvalue weighted by atomic mass is 9.92. The molecule has 30 heavy (non-hydrogen) atoms. The third-order valence-electron chi connectivity index (χ3n) is 4.61. The summed E-state index contributed by atoms with van der Waals surface area (Å²) in [4.78, 5) is 46.0. The smallest absolute Gasteiger partial charge is 0.368 e. The van der Waals surface area contributed by atoms with Crippen molar-refractivity contribution in [3.8, 4) is 0 Å². The molecule has 2 aromatic rings. The molecule has 1 atom stereocenters. The Bertz CT molecular complexity index is 1030. The summed E-state index contributed by atoms with van der Waals surface area (Å²) < 4.78 is 23.4. The van der Waals surface area contributed by atoms with Crippen molar-refractivity contribution in [1.29, 1.82) is 0 Å². The van der Waals surface area contributed by atoms with Crippen molar-refractivity contribution in [3.63, 3.8) is 0 Å². The number of hydrogen-bond acceptors (Lipinski definition) is 7. The van der Waals surface area contributed by atoms with E-state index in [2.05, 4.69) is 20.5 Å². The second-order valence-electron chi connectivity index (χ2n) is 6.63. The molecule has 13 heteroatoms. The molecule has 0 aromatic carbocycles. The van der Waals surface area contributed by atoms with Crippen LogP contribution in [-0.4, -0.2) is 45.4 Å². The molecule has 0 spiro atoms. The van der Waals surface area contributed by atoms with Crippen LogP contribution in [0.2, 0.25) is 0 Å². The normalized spacial score (nSPS) is 17.7. The minimum Gasteiger partial charge on any atom is -0.368 e. The molecule has 3 rings (SSSR count). The van der Waals surface area contributed by atoms with E-state index in [1.165, 1.54) is 6.20 Å². The minimum absolute atomic E-state index is 0.222. The third kappa shape index (κ3) is 4.58. The van der Waals surface area contributed by atoms with Gasteiger partial charge in [-0.25, -0.2) is 0 Å². The van der Waals surface area contributed by atoms with Crippen LogP contribution in [0.3, 0.4) is 0 Å². The average molecular weight is 454 g/mol. The number of pyridine rings is 2. The van der Waals surface area contributed by atoms with Crippen LogP contribution in [0, 0.1) is 5.92 Å². The Labute approximate surface area is 171 Å². The van der Waals surface area contributed by atoms with Crippen LogP contribution in [0.5, 0.6) is 0 Å². The molecule has 1 unspecified atom stereocenters. The Balaban J connectivity index is 1.96. The van der Waals surface area contributed by atoms with Gasteiger partial charge in [0.2, 0.25) is 0 Å². The number of allylic oxidation sites excluding steroid dienone is 1. The Kier molecular flexibility index (Phi) is 6.35. The van der Waals surface area contributed by atoms with Crippen LogP contribution < -0.4 is 5.43 Å². The van der Waals surface area contributed by atoms with Crippen LogP contribution in [0.15, 0.2) is 60.0 Å². The highest BCUT2D eigenvalue weighted by Gasteiger charge is 2.59. The zero-order valence-electron chi connectivity index (χ0n) is 15.5. The summed E-state index contributed by atoms with van der Waals surface area (Å²) in [5.41, 5.74) is 4.74. The molecule has 0 radical (unpaired) electrons. The zero-order chi connectivity index (χ0) is 22.0. The average Bonchev–Trinajstić information content (AvgIpc) is 2.71. The van der Waals surface area contributed by atoms with E-state index in [0.717, 1.165) is 0 Å². The summed E-state index contributed by atoms with van der Waals surface area (Å²) in [6.07, 6.45) is 3.68. The molecule has 0 fully saturated rings. The van der Waals surface area contributed by atoms with E-state index in [9.17, 15) is 33.8 Å². The Morgan fingerprint density at radius 1 is 0.933 bits per heavy atom. The van der Waals surface area contributed by atoms with Gasteiger partial charge in [0.15, 0.2) is 0 Å². The first-order valence-electron chi connectivity index (χ1n) is 8.75. The highest BCUT2D eigenvalue weighted by atomic mass is 31.2. The third-order valence-corrected chi connectivity index (χ3v) is 8.48. The van der Waals surface area contributed by atoms with Gasteiger partial charge >= 0.3 is 15.2 Å². The van der Waals surface area contributed by atoms with Gasteiger partial charge in [0.1, 0.15) is 0 Å². The topological polar surface area (TPSA) is 185 Å². The maximum absolute atomic E-state index is 11.7. The fourth-order valence-electron chi connectivity index (χ4n) is 2.98. The molecule has 6 N–H and O–H groups in total. The highest BCUT2D eigenvalue weighted by molar-refractivity contribution is 7.72. The molecule has 3 heterocycles. The minimum atomic E-state index is -5.55. The molecule has 1 aliphatic rings. The molecular formula is C17H20N4O7P2. The summed E-state index contributed by atoms with van der Waals surface area (Å²) in [5.74, 6) is -0.664. The lowest BCUT2D eigenvalue weighted by Gasteiger charge is -2.31. The molecule has 1 aliphatic heterocycles. The fourth-order valence-corrected chi connectivity index (χ4v) is 5.18. The molecule has 0 amide bonds. The van der Waals surface area contributed by atoms with Gasteiger partial charge in [-0.3, -0.25) is 24.5 Å². The van der Waals surface area contributed by atoms with Crippen molar-refractivity contribution in [1.82, 2.24) is 15.4 Å². The Hall–Kier alpha value is -2.23. The van der Waals surface area contributed by atoms with Gasteiger partial charge < -0.3 is 24.7 Å². The number of nitrogens with zero attached hydrogens (tertiary/aromatic N) is 3. The number of aliphatic hydroxyl groups is 1. The summed E-state index contributed by atoms with van der Waals surface area (Å²) in [6, 6.07) is 10.3. The molecule has 0 saturated carbocycles. The fraction of sp³-hybridized carbons (Fsp3) is 0.235. The largest absolute Gasteiger partial charge is 0.369 e. The van der Waals surface area contributed by atoms with Gasteiger partial charge in [-0.1, -0.05) is 12.1 Å². The van der Waals surface area contributed by atoms with Crippen LogP contribution in [0.25, 0.3) is 5.70 Å².